The first-order valence-corrected chi connectivity index (χ1v) is 7.69. The fourth-order valence-electron chi connectivity index (χ4n) is 2.39. The van der Waals surface area contributed by atoms with Gasteiger partial charge in [-0.3, -0.25) is 15.2 Å². The molecule has 0 bridgehead atoms. The normalized spacial score (nSPS) is 11.5. The van der Waals surface area contributed by atoms with Crippen molar-refractivity contribution < 1.29 is 9.90 Å². The molecule has 1 unspecified atom stereocenters. The van der Waals surface area contributed by atoms with Crippen molar-refractivity contribution in [3.8, 4) is 0 Å². The van der Waals surface area contributed by atoms with Gasteiger partial charge in [0, 0.05) is 0 Å². The molecule has 0 aliphatic heterocycles. The van der Waals surface area contributed by atoms with Crippen LogP contribution in [0, 0.1) is 0 Å². The summed E-state index contributed by atoms with van der Waals surface area (Å²) in [6, 6.07) is 27.8. The third-order valence-corrected chi connectivity index (χ3v) is 3.61. The molecule has 3 aromatic carbocycles. The predicted molar refractivity (Wildman–Crippen MR) is 94.6 cm³/mol. The summed E-state index contributed by atoms with van der Waals surface area (Å²) >= 11 is 0. The standard InChI is InChI=1S/C20H18N2O2/c23-19(16-10-4-1-5-11-16)20(24)21-22(17-12-6-2-7-13-17)18-14-8-3-9-15-18/h1-15,19,23H,(H,21,24). The number of amides is 1. The van der Waals surface area contributed by atoms with E-state index in [4.69, 9.17) is 0 Å². The van der Waals surface area contributed by atoms with Gasteiger partial charge in [-0.15, -0.1) is 0 Å². The van der Waals surface area contributed by atoms with Crippen molar-refractivity contribution in [3.05, 3.63) is 96.6 Å². The van der Waals surface area contributed by atoms with E-state index in [9.17, 15) is 9.90 Å². The largest absolute Gasteiger partial charge is 0.378 e. The van der Waals surface area contributed by atoms with E-state index in [0.717, 1.165) is 11.4 Å². The zero-order valence-corrected chi connectivity index (χ0v) is 13.0. The lowest BCUT2D eigenvalue weighted by atomic mass is 10.1. The number of para-hydroxylation sites is 2. The molecular formula is C20H18N2O2. The number of nitrogens with zero attached hydrogens (tertiary/aromatic N) is 1. The first kappa shape index (κ1) is 15.8. The SMILES string of the molecule is O=C(NN(c1ccccc1)c1ccccc1)C(O)c1ccccc1. The number of benzene rings is 3. The van der Waals surface area contributed by atoms with Crippen molar-refractivity contribution in [2.45, 2.75) is 6.10 Å². The second kappa shape index (κ2) is 7.44. The third-order valence-electron chi connectivity index (χ3n) is 3.61. The van der Waals surface area contributed by atoms with Crippen LogP contribution in [0.25, 0.3) is 0 Å². The minimum absolute atomic E-state index is 0.492. The highest BCUT2D eigenvalue weighted by molar-refractivity contribution is 5.85. The van der Waals surface area contributed by atoms with Gasteiger partial charge in [-0.2, -0.15) is 0 Å². The zero-order valence-electron chi connectivity index (χ0n) is 13.0. The van der Waals surface area contributed by atoms with Crippen molar-refractivity contribution in [1.82, 2.24) is 5.43 Å². The second-order valence-corrected chi connectivity index (χ2v) is 5.30. The van der Waals surface area contributed by atoms with E-state index in [-0.39, 0.29) is 0 Å². The fourth-order valence-corrected chi connectivity index (χ4v) is 2.39. The lowest BCUT2D eigenvalue weighted by Gasteiger charge is -2.26. The van der Waals surface area contributed by atoms with Crippen LogP contribution in [0.5, 0.6) is 0 Å². The fraction of sp³-hybridized carbons (Fsp3) is 0.0500. The van der Waals surface area contributed by atoms with E-state index in [1.54, 1.807) is 29.3 Å². The average molecular weight is 318 g/mol. The number of aliphatic hydroxyl groups excluding tert-OH is 1. The number of carbonyl (C=O) groups excluding carboxylic acids is 1. The molecule has 0 heterocycles. The summed E-state index contributed by atoms with van der Waals surface area (Å²) in [7, 11) is 0. The van der Waals surface area contributed by atoms with Crippen LogP contribution in [0.3, 0.4) is 0 Å². The number of hydrogen-bond donors (Lipinski definition) is 2. The molecule has 0 aromatic heterocycles. The van der Waals surface area contributed by atoms with Gasteiger partial charge in [0.25, 0.3) is 5.91 Å². The van der Waals surface area contributed by atoms with Crippen molar-refractivity contribution in [2.24, 2.45) is 0 Å². The Labute approximate surface area is 141 Å². The van der Waals surface area contributed by atoms with E-state index in [1.807, 2.05) is 66.7 Å². The highest BCUT2D eigenvalue weighted by atomic mass is 16.3. The molecule has 0 aliphatic rings. The molecule has 1 amide bonds. The maximum absolute atomic E-state index is 12.5. The molecule has 0 fully saturated rings. The van der Waals surface area contributed by atoms with Crippen LogP contribution >= 0.6 is 0 Å². The first-order valence-electron chi connectivity index (χ1n) is 7.69. The van der Waals surface area contributed by atoms with Gasteiger partial charge >= 0.3 is 0 Å². The summed E-state index contributed by atoms with van der Waals surface area (Å²) in [5.41, 5.74) is 4.95. The Balaban J connectivity index is 1.86. The minimum atomic E-state index is -1.24. The molecule has 24 heavy (non-hydrogen) atoms. The molecule has 120 valence electrons. The van der Waals surface area contributed by atoms with Crippen molar-refractivity contribution in [1.29, 1.82) is 0 Å². The number of anilines is 2. The van der Waals surface area contributed by atoms with Gasteiger partial charge in [-0.05, 0) is 29.8 Å². The molecule has 1 atom stereocenters. The molecule has 0 aliphatic carbocycles. The van der Waals surface area contributed by atoms with Gasteiger partial charge in [0.1, 0.15) is 0 Å². The predicted octanol–water partition coefficient (Wildman–Crippen LogP) is 3.59. The maximum atomic E-state index is 12.5. The summed E-state index contributed by atoms with van der Waals surface area (Å²) in [6.45, 7) is 0. The van der Waals surface area contributed by atoms with Gasteiger partial charge in [0.05, 0.1) is 11.4 Å². The summed E-state index contributed by atoms with van der Waals surface area (Å²) < 4.78 is 0. The first-order chi connectivity index (χ1) is 11.8. The van der Waals surface area contributed by atoms with E-state index < -0.39 is 12.0 Å². The summed E-state index contributed by atoms with van der Waals surface area (Å²) in [6.07, 6.45) is -1.24. The van der Waals surface area contributed by atoms with E-state index in [0.29, 0.717) is 5.56 Å². The van der Waals surface area contributed by atoms with Gasteiger partial charge < -0.3 is 5.11 Å². The average Bonchev–Trinajstić information content (AvgIpc) is 2.67. The molecule has 2 N–H and O–H groups in total. The molecule has 3 rings (SSSR count). The molecular weight excluding hydrogens is 300 g/mol. The van der Waals surface area contributed by atoms with E-state index >= 15 is 0 Å². The molecule has 4 heteroatoms. The Hall–Kier alpha value is -3.11. The maximum Gasteiger partial charge on any atom is 0.272 e. The number of hydrazine groups is 1. The number of aliphatic hydroxyl groups is 1. The van der Waals surface area contributed by atoms with E-state index in [1.165, 1.54) is 0 Å². The summed E-state index contributed by atoms with van der Waals surface area (Å²) in [4.78, 5) is 12.5. The monoisotopic (exact) mass is 318 g/mol. The van der Waals surface area contributed by atoms with Crippen LogP contribution in [0.4, 0.5) is 11.4 Å². The van der Waals surface area contributed by atoms with Crippen molar-refractivity contribution in [2.75, 3.05) is 5.01 Å². The van der Waals surface area contributed by atoms with Crippen LogP contribution in [-0.2, 0) is 4.79 Å². The Kier molecular flexibility index (Phi) is 4.89. The topological polar surface area (TPSA) is 52.6 Å². The summed E-state index contributed by atoms with van der Waals surface area (Å²) in [5, 5.41) is 12.0. The summed E-state index contributed by atoms with van der Waals surface area (Å²) in [5.74, 6) is -0.492. The van der Waals surface area contributed by atoms with Crippen LogP contribution in [0.2, 0.25) is 0 Å². The number of carbonyl (C=O) groups is 1. The van der Waals surface area contributed by atoms with Crippen LogP contribution in [-0.4, -0.2) is 11.0 Å². The number of hydrogen-bond acceptors (Lipinski definition) is 3. The Bertz CT molecular complexity index is 737. The van der Waals surface area contributed by atoms with Crippen molar-refractivity contribution >= 4 is 17.3 Å². The third kappa shape index (κ3) is 3.62. The molecule has 0 radical (unpaired) electrons. The van der Waals surface area contributed by atoms with Gasteiger partial charge in [0.15, 0.2) is 6.10 Å². The van der Waals surface area contributed by atoms with E-state index in [2.05, 4.69) is 5.43 Å². The lowest BCUT2D eigenvalue weighted by Crippen LogP contribution is -2.41. The molecule has 0 saturated carbocycles. The quantitative estimate of drug-likeness (QED) is 0.707. The molecule has 0 spiro atoms. The van der Waals surface area contributed by atoms with Crippen molar-refractivity contribution in [3.63, 3.8) is 0 Å². The Morgan fingerprint density at radius 1 is 0.750 bits per heavy atom. The Morgan fingerprint density at radius 2 is 1.17 bits per heavy atom. The van der Waals surface area contributed by atoms with Crippen LogP contribution < -0.4 is 10.4 Å². The lowest BCUT2D eigenvalue weighted by molar-refractivity contribution is -0.129. The second-order valence-electron chi connectivity index (χ2n) is 5.30. The van der Waals surface area contributed by atoms with Crippen LogP contribution in [0.1, 0.15) is 11.7 Å². The number of nitrogens with one attached hydrogen (secondary N) is 1. The molecule has 3 aromatic rings. The zero-order chi connectivity index (χ0) is 16.8. The number of rotatable bonds is 5. The molecule has 0 saturated heterocycles. The minimum Gasteiger partial charge on any atom is -0.378 e. The van der Waals surface area contributed by atoms with Gasteiger partial charge in [0.2, 0.25) is 0 Å². The smallest absolute Gasteiger partial charge is 0.272 e. The highest BCUT2D eigenvalue weighted by Gasteiger charge is 2.20. The highest BCUT2D eigenvalue weighted by Crippen LogP contribution is 2.23. The van der Waals surface area contributed by atoms with Crippen LogP contribution in [0.15, 0.2) is 91.0 Å². The molecule has 4 nitrogen and oxygen atoms in total. The van der Waals surface area contributed by atoms with Gasteiger partial charge in [-0.25, -0.2) is 0 Å². The van der Waals surface area contributed by atoms with Gasteiger partial charge in [-0.1, -0.05) is 66.7 Å². The Morgan fingerprint density at radius 3 is 1.62 bits per heavy atom.